The van der Waals surface area contributed by atoms with Crippen LogP contribution in [0.4, 0.5) is 5.69 Å². The number of anilines is 1. The molecule has 2 N–H and O–H groups in total. The fourth-order valence-corrected chi connectivity index (χ4v) is 2.90. The third kappa shape index (κ3) is 7.41. The molecule has 2 rings (SSSR count). The summed E-state index contributed by atoms with van der Waals surface area (Å²) >= 11 is 18.0. The van der Waals surface area contributed by atoms with Gasteiger partial charge in [-0.2, -0.15) is 5.10 Å². The molecule has 0 heterocycles. The maximum atomic E-state index is 12.5. The van der Waals surface area contributed by atoms with E-state index < -0.39 is 0 Å². The SMILES string of the molecule is CCCCNC(=O)/C(CCc1ccc(Cl)cc1)=N/Nc1ccc(Cl)cc1Cl. The van der Waals surface area contributed by atoms with Crippen LogP contribution in [-0.4, -0.2) is 18.2 Å². The van der Waals surface area contributed by atoms with Gasteiger partial charge in [-0.25, -0.2) is 0 Å². The van der Waals surface area contributed by atoms with Crippen LogP contribution >= 0.6 is 34.8 Å². The molecule has 7 heteroatoms. The number of aryl methyl sites for hydroxylation is 1. The third-order valence-electron chi connectivity index (χ3n) is 3.88. The van der Waals surface area contributed by atoms with Crippen molar-refractivity contribution in [3.63, 3.8) is 0 Å². The Morgan fingerprint density at radius 3 is 2.41 bits per heavy atom. The first kappa shape index (κ1) is 21.5. The molecule has 0 saturated carbocycles. The van der Waals surface area contributed by atoms with Gasteiger partial charge < -0.3 is 5.32 Å². The molecular weight excluding hydrogens is 405 g/mol. The van der Waals surface area contributed by atoms with Crippen LogP contribution in [0.15, 0.2) is 47.6 Å². The number of rotatable bonds is 9. The van der Waals surface area contributed by atoms with Crippen LogP contribution in [0, 0.1) is 0 Å². The second kappa shape index (κ2) is 11.2. The van der Waals surface area contributed by atoms with Crippen LogP contribution in [0.3, 0.4) is 0 Å². The first-order valence-electron chi connectivity index (χ1n) is 8.80. The molecule has 0 unspecified atom stereocenters. The summed E-state index contributed by atoms with van der Waals surface area (Å²) in [6, 6.07) is 12.6. The van der Waals surface area contributed by atoms with E-state index in [2.05, 4.69) is 22.8 Å². The molecule has 0 bridgehead atoms. The number of halogens is 3. The van der Waals surface area contributed by atoms with Crippen LogP contribution in [0.5, 0.6) is 0 Å². The predicted octanol–water partition coefficient (Wildman–Crippen LogP) is 5.96. The Bertz CT molecular complexity index is 792. The number of nitrogens with one attached hydrogen (secondary N) is 2. The summed E-state index contributed by atoms with van der Waals surface area (Å²) in [6.07, 6.45) is 3.09. The van der Waals surface area contributed by atoms with Gasteiger partial charge in [0.05, 0.1) is 10.7 Å². The molecule has 0 atom stereocenters. The van der Waals surface area contributed by atoms with Gasteiger partial charge in [-0.1, -0.05) is 60.3 Å². The molecule has 0 aromatic heterocycles. The zero-order valence-electron chi connectivity index (χ0n) is 15.1. The monoisotopic (exact) mass is 425 g/mol. The Labute approximate surface area is 174 Å². The van der Waals surface area contributed by atoms with Crippen LogP contribution in [0.1, 0.15) is 31.7 Å². The number of carbonyl (C=O) groups excluding carboxylic acids is 1. The quantitative estimate of drug-likeness (QED) is 0.295. The van der Waals surface area contributed by atoms with Gasteiger partial charge in [0, 0.05) is 23.0 Å². The Morgan fingerprint density at radius 1 is 1.04 bits per heavy atom. The maximum Gasteiger partial charge on any atom is 0.267 e. The lowest BCUT2D eigenvalue weighted by Crippen LogP contribution is -2.32. The number of hydrazone groups is 1. The second-order valence-corrected chi connectivity index (χ2v) is 7.31. The Balaban J connectivity index is 2.09. The van der Waals surface area contributed by atoms with Gasteiger partial charge in [0.1, 0.15) is 5.71 Å². The highest BCUT2D eigenvalue weighted by molar-refractivity contribution is 6.39. The minimum atomic E-state index is -0.185. The molecule has 0 spiro atoms. The number of unbranched alkanes of at least 4 members (excludes halogenated alkanes) is 1. The lowest BCUT2D eigenvalue weighted by molar-refractivity contribution is -0.114. The van der Waals surface area contributed by atoms with Crippen molar-refractivity contribution in [2.45, 2.75) is 32.6 Å². The van der Waals surface area contributed by atoms with E-state index in [1.165, 1.54) is 0 Å². The molecule has 144 valence electrons. The van der Waals surface area contributed by atoms with Crippen molar-refractivity contribution in [3.8, 4) is 0 Å². The van der Waals surface area contributed by atoms with E-state index in [-0.39, 0.29) is 5.91 Å². The summed E-state index contributed by atoms with van der Waals surface area (Å²) in [7, 11) is 0. The van der Waals surface area contributed by atoms with Crippen molar-refractivity contribution in [3.05, 3.63) is 63.1 Å². The summed E-state index contributed by atoms with van der Waals surface area (Å²) < 4.78 is 0. The van der Waals surface area contributed by atoms with Gasteiger partial charge in [0.2, 0.25) is 0 Å². The number of nitrogens with zero attached hydrogens (tertiary/aromatic N) is 1. The van der Waals surface area contributed by atoms with Gasteiger partial charge in [-0.05, 0) is 48.7 Å². The molecule has 0 aliphatic rings. The summed E-state index contributed by atoms with van der Waals surface area (Å²) in [5.74, 6) is -0.185. The second-order valence-electron chi connectivity index (χ2n) is 6.03. The fourth-order valence-electron chi connectivity index (χ4n) is 2.32. The largest absolute Gasteiger partial charge is 0.351 e. The van der Waals surface area contributed by atoms with Crippen molar-refractivity contribution < 1.29 is 4.79 Å². The fraction of sp³-hybridized carbons (Fsp3) is 0.300. The number of carbonyl (C=O) groups is 1. The van der Waals surface area contributed by atoms with Gasteiger partial charge in [0.25, 0.3) is 5.91 Å². The predicted molar refractivity (Wildman–Crippen MR) is 115 cm³/mol. The first-order chi connectivity index (χ1) is 13.0. The number of amides is 1. The lowest BCUT2D eigenvalue weighted by atomic mass is 10.1. The summed E-state index contributed by atoms with van der Waals surface area (Å²) in [4.78, 5) is 12.5. The first-order valence-corrected chi connectivity index (χ1v) is 9.93. The average Bonchev–Trinajstić information content (AvgIpc) is 2.64. The molecule has 2 aromatic carbocycles. The van der Waals surface area contributed by atoms with E-state index in [0.29, 0.717) is 45.9 Å². The zero-order valence-corrected chi connectivity index (χ0v) is 17.3. The highest BCUT2D eigenvalue weighted by Gasteiger charge is 2.12. The van der Waals surface area contributed by atoms with Crippen molar-refractivity contribution in [1.82, 2.24) is 5.32 Å². The van der Waals surface area contributed by atoms with Crippen molar-refractivity contribution in [2.75, 3.05) is 12.0 Å². The average molecular weight is 427 g/mol. The van der Waals surface area contributed by atoms with E-state index in [4.69, 9.17) is 34.8 Å². The standard InChI is InChI=1S/C20H22Cl3N3O/c1-2-3-12-24-20(27)19(10-6-14-4-7-15(21)8-5-14)26-25-18-11-9-16(22)13-17(18)23/h4-5,7-9,11,13,25H,2-3,6,10,12H2,1H3,(H,24,27)/b26-19+. The topological polar surface area (TPSA) is 53.5 Å². The highest BCUT2D eigenvalue weighted by Crippen LogP contribution is 2.25. The Morgan fingerprint density at radius 2 is 1.74 bits per heavy atom. The van der Waals surface area contributed by atoms with E-state index in [1.807, 2.05) is 24.3 Å². The summed E-state index contributed by atoms with van der Waals surface area (Å²) in [5, 5.41) is 8.86. The Kier molecular flexibility index (Phi) is 8.92. The van der Waals surface area contributed by atoms with Crippen LogP contribution in [0.2, 0.25) is 15.1 Å². The molecule has 0 aliphatic heterocycles. The molecule has 0 saturated heterocycles. The van der Waals surface area contributed by atoms with Gasteiger partial charge in [-0.3, -0.25) is 10.2 Å². The highest BCUT2D eigenvalue weighted by atomic mass is 35.5. The summed E-state index contributed by atoms with van der Waals surface area (Å²) in [5.41, 5.74) is 4.95. The van der Waals surface area contributed by atoms with Crippen LogP contribution in [0.25, 0.3) is 0 Å². The molecule has 0 fully saturated rings. The maximum absolute atomic E-state index is 12.5. The molecule has 1 amide bonds. The lowest BCUT2D eigenvalue weighted by Gasteiger charge is -2.10. The van der Waals surface area contributed by atoms with E-state index in [1.54, 1.807) is 18.2 Å². The minimum absolute atomic E-state index is 0.185. The smallest absolute Gasteiger partial charge is 0.267 e. The molecule has 2 aromatic rings. The zero-order chi connectivity index (χ0) is 19.6. The Hall–Kier alpha value is -1.75. The number of hydrogen-bond donors (Lipinski definition) is 2. The normalized spacial score (nSPS) is 11.3. The van der Waals surface area contributed by atoms with Crippen molar-refractivity contribution in [1.29, 1.82) is 0 Å². The summed E-state index contributed by atoms with van der Waals surface area (Å²) in [6.45, 7) is 2.70. The van der Waals surface area contributed by atoms with Crippen molar-refractivity contribution in [2.24, 2.45) is 5.10 Å². The number of benzene rings is 2. The van der Waals surface area contributed by atoms with Gasteiger partial charge >= 0.3 is 0 Å². The van der Waals surface area contributed by atoms with E-state index in [9.17, 15) is 4.79 Å². The molecular formula is C20H22Cl3N3O. The van der Waals surface area contributed by atoms with E-state index in [0.717, 1.165) is 18.4 Å². The molecule has 0 radical (unpaired) electrons. The minimum Gasteiger partial charge on any atom is -0.351 e. The van der Waals surface area contributed by atoms with Gasteiger partial charge in [-0.15, -0.1) is 0 Å². The van der Waals surface area contributed by atoms with Crippen molar-refractivity contribution >= 4 is 52.1 Å². The number of hydrogen-bond acceptors (Lipinski definition) is 3. The van der Waals surface area contributed by atoms with Crippen LogP contribution < -0.4 is 10.7 Å². The molecule has 0 aliphatic carbocycles. The third-order valence-corrected chi connectivity index (χ3v) is 4.68. The van der Waals surface area contributed by atoms with Gasteiger partial charge in [0.15, 0.2) is 0 Å². The van der Waals surface area contributed by atoms with Crippen LogP contribution in [-0.2, 0) is 11.2 Å². The molecule has 4 nitrogen and oxygen atoms in total. The van der Waals surface area contributed by atoms with E-state index >= 15 is 0 Å². The molecule has 27 heavy (non-hydrogen) atoms.